The Morgan fingerprint density at radius 1 is 1.17 bits per heavy atom. The summed E-state index contributed by atoms with van der Waals surface area (Å²) >= 11 is 0. The first-order chi connectivity index (χ1) is 16.9. The molecule has 8 nitrogen and oxygen atoms in total. The molecule has 35 heavy (non-hydrogen) atoms. The molecular formula is C27H35N5O3. The number of nitrogens with one attached hydrogen (secondary N) is 2. The number of anilines is 2. The summed E-state index contributed by atoms with van der Waals surface area (Å²) in [6.45, 7) is 8.98. The first-order valence-corrected chi connectivity index (χ1v) is 12.1. The molecule has 0 saturated heterocycles. The van der Waals surface area contributed by atoms with E-state index in [9.17, 15) is 9.59 Å². The normalized spacial score (nSPS) is 11.9. The molecule has 3 aromatic rings. The Balaban J connectivity index is 1.93. The van der Waals surface area contributed by atoms with Gasteiger partial charge in [0.05, 0.1) is 24.6 Å². The molecule has 3 rings (SSSR count). The molecule has 0 aliphatic heterocycles. The standard InChI is InChI=1S/C27H35N5O3/c1-5-19-12-23-21(14-25(19)35-10-6-9-28)27(30-16-29-23)32-22-11-18(4)7-8-20(22)13-26(34)31-24(15-33)17(2)3/h7-8,11-12,14-17,24H,5-6,9-10,13,28H2,1-4H3,(H,31,34)(H,29,30,32). The van der Waals surface area contributed by atoms with Gasteiger partial charge in [-0.2, -0.15) is 0 Å². The summed E-state index contributed by atoms with van der Waals surface area (Å²) < 4.78 is 6.00. The van der Waals surface area contributed by atoms with Gasteiger partial charge in [-0.15, -0.1) is 0 Å². The molecule has 1 atom stereocenters. The van der Waals surface area contributed by atoms with Crippen LogP contribution in [-0.2, 0) is 22.4 Å². The summed E-state index contributed by atoms with van der Waals surface area (Å²) in [6.07, 6.45) is 4.03. The smallest absolute Gasteiger partial charge is 0.225 e. The molecular weight excluding hydrogens is 442 g/mol. The average molecular weight is 478 g/mol. The Kier molecular flexibility index (Phi) is 9.14. The number of aromatic nitrogens is 2. The molecule has 1 heterocycles. The van der Waals surface area contributed by atoms with E-state index < -0.39 is 6.04 Å². The zero-order valence-electron chi connectivity index (χ0n) is 20.9. The molecule has 8 heteroatoms. The minimum Gasteiger partial charge on any atom is -0.493 e. The number of carbonyl (C=O) groups is 2. The summed E-state index contributed by atoms with van der Waals surface area (Å²) in [5.41, 5.74) is 10.1. The van der Waals surface area contributed by atoms with Crippen molar-refractivity contribution in [3.63, 3.8) is 0 Å². The zero-order chi connectivity index (χ0) is 25.4. The number of rotatable bonds is 12. The van der Waals surface area contributed by atoms with Crippen molar-refractivity contribution < 1.29 is 14.3 Å². The number of ether oxygens (including phenoxy) is 1. The second kappa shape index (κ2) is 12.3. The first-order valence-electron chi connectivity index (χ1n) is 12.1. The van der Waals surface area contributed by atoms with Crippen LogP contribution in [0.15, 0.2) is 36.7 Å². The topological polar surface area (TPSA) is 119 Å². The second-order valence-corrected chi connectivity index (χ2v) is 8.98. The minimum atomic E-state index is -0.513. The fourth-order valence-electron chi connectivity index (χ4n) is 3.76. The molecule has 2 aromatic carbocycles. The predicted octanol–water partition coefficient (Wildman–Crippen LogP) is 3.85. The number of hydrogen-bond donors (Lipinski definition) is 3. The number of carbonyl (C=O) groups excluding carboxylic acids is 2. The van der Waals surface area contributed by atoms with Crippen LogP contribution in [0.4, 0.5) is 11.5 Å². The number of hydrogen-bond acceptors (Lipinski definition) is 7. The van der Waals surface area contributed by atoms with Gasteiger partial charge in [0.1, 0.15) is 24.2 Å². The number of aldehydes is 1. The highest BCUT2D eigenvalue weighted by molar-refractivity contribution is 5.93. The summed E-state index contributed by atoms with van der Waals surface area (Å²) in [4.78, 5) is 32.9. The number of amides is 1. The Morgan fingerprint density at radius 3 is 2.66 bits per heavy atom. The van der Waals surface area contributed by atoms with Crippen LogP contribution in [0, 0.1) is 12.8 Å². The number of fused-ring (bicyclic) bond motifs is 1. The molecule has 0 saturated carbocycles. The largest absolute Gasteiger partial charge is 0.493 e. The van der Waals surface area contributed by atoms with E-state index in [4.69, 9.17) is 10.5 Å². The van der Waals surface area contributed by atoms with Crippen molar-refractivity contribution in [1.82, 2.24) is 15.3 Å². The Morgan fingerprint density at radius 2 is 1.97 bits per heavy atom. The van der Waals surface area contributed by atoms with Gasteiger partial charge in [0, 0.05) is 11.1 Å². The molecule has 1 aromatic heterocycles. The molecule has 0 aliphatic rings. The molecule has 0 bridgehead atoms. The van der Waals surface area contributed by atoms with Gasteiger partial charge >= 0.3 is 0 Å². The van der Waals surface area contributed by atoms with E-state index in [1.54, 1.807) is 0 Å². The van der Waals surface area contributed by atoms with Gasteiger partial charge in [-0.1, -0.05) is 32.9 Å². The van der Waals surface area contributed by atoms with Crippen molar-refractivity contribution in [2.24, 2.45) is 11.7 Å². The fourth-order valence-corrected chi connectivity index (χ4v) is 3.76. The van der Waals surface area contributed by atoms with E-state index >= 15 is 0 Å². The minimum absolute atomic E-state index is 0.0220. The van der Waals surface area contributed by atoms with Crippen LogP contribution in [-0.4, -0.2) is 41.4 Å². The summed E-state index contributed by atoms with van der Waals surface area (Å²) in [5.74, 6) is 1.23. The third kappa shape index (κ3) is 6.76. The highest BCUT2D eigenvalue weighted by atomic mass is 16.5. The van der Waals surface area contributed by atoms with E-state index in [0.717, 1.165) is 58.2 Å². The Hall–Kier alpha value is -3.52. The highest BCUT2D eigenvalue weighted by Crippen LogP contribution is 2.31. The number of nitrogens with two attached hydrogens (primary N) is 1. The lowest BCUT2D eigenvalue weighted by atomic mass is 10.0. The number of nitrogens with zero attached hydrogens (tertiary/aromatic N) is 2. The lowest BCUT2D eigenvalue weighted by Crippen LogP contribution is -2.40. The summed E-state index contributed by atoms with van der Waals surface area (Å²) in [5, 5.41) is 7.04. The maximum atomic E-state index is 12.7. The van der Waals surface area contributed by atoms with Gasteiger partial charge in [0.2, 0.25) is 5.91 Å². The van der Waals surface area contributed by atoms with Gasteiger partial charge < -0.3 is 25.9 Å². The lowest BCUT2D eigenvalue weighted by molar-refractivity contribution is -0.124. The number of aryl methyl sites for hydroxylation is 2. The van der Waals surface area contributed by atoms with Crippen molar-refractivity contribution in [2.75, 3.05) is 18.5 Å². The van der Waals surface area contributed by atoms with Gasteiger partial charge in [0.15, 0.2) is 0 Å². The Bertz CT molecular complexity index is 1180. The zero-order valence-corrected chi connectivity index (χ0v) is 20.9. The van der Waals surface area contributed by atoms with E-state index in [-0.39, 0.29) is 18.2 Å². The van der Waals surface area contributed by atoms with Crippen molar-refractivity contribution in [3.05, 3.63) is 53.3 Å². The van der Waals surface area contributed by atoms with E-state index in [0.29, 0.717) is 19.0 Å². The van der Waals surface area contributed by atoms with Gasteiger partial charge in [-0.05, 0) is 67.1 Å². The first kappa shape index (κ1) is 26.1. The van der Waals surface area contributed by atoms with Crippen LogP contribution in [0.25, 0.3) is 10.9 Å². The van der Waals surface area contributed by atoms with Gasteiger partial charge in [-0.25, -0.2) is 9.97 Å². The third-order valence-corrected chi connectivity index (χ3v) is 5.87. The molecule has 0 aliphatic carbocycles. The molecule has 186 valence electrons. The van der Waals surface area contributed by atoms with E-state index in [1.807, 2.05) is 51.1 Å². The van der Waals surface area contributed by atoms with Crippen molar-refractivity contribution in [3.8, 4) is 5.75 Å². The van der Waals surface area contributed by atoms with Crippen LogP contribution >= 0.6 is 0 Å². The summed E-state index contributed by atoms with van der Waals surface area (Å²) in [7, 11) is 0. The average Bonchev–Trinajstić information content (AvgIpc) is 2.84. The lowest BCUT2D eigenvalue weighted by Gasteiger charge is -2.18. The quantitative estimate of drug-likeness (QED) is 0.268. The number of benzene rings is 2. The van der Waals surface area contributed by atoms with Crippen molar-refractivity contribution in [2.45, 2.75) is 53.0 Å². The predicted molar refractivity (Wildman–Crippen MR) is 139 cm³/mol. The third-order valence-electron chi connectivity index (χ3n) is 5.87. The van der Waals surface area contributed by atoms with E-state index in [2.05, 4.69) is 27.5 Å². The van der Waals surface area contributed by atoms with Gasteiger partial charge in [0.25, 0.3) is 0 Å². The molecule has 0 fully saturated rings. The van der Waals surface area contributed by atoms with Crippen LogP contribution in [0.5, 0.6) is 5.75 Å². The molecule has 0 radical (unpaired) electrons. The molecule has 4 N–H and O–H groups in total. The van der Waals surface area contributed by atoms with Crippen LogP contribution in [0.1, 0.15) is 43.9 Å². The van der Waals surface area contributed by atoms with Crippen LogP contribution in [0.3, 0.4) is 0 Å². The SMILES string of the molecule is CCc1cc2ncnc(Nc3cc(C)ccc3CC(=O)NC(C=O)C(C)C)c2cc1OCCCN. The molecule has 1 unspecified atom stereocenters. The fraction of sp³-hybridized carbons (Fsp3) is 0.407. The molecule has 1 amide bonds. The monoisotopic (exact) mass is 477 g/mol. The van der Waals surface area contributed by atoms with E-state index in [1.165, 1.54) is 6.33 Å². The Labute approximate surface area is 206 Å². The molecule has 0 spiro atoms. The highest BCUT2D eigenvalue weighted by Gasteiger charge is 2.17. The van der Waals surface area contributed by atoms with Crippen LogP contribution in [0.2, 0.25) is 0 Å². The maximum absolute atomic E-state index is 12.7. The van der Waals surface area contributed by atoms with Gasteiger partial charge in [-0.3, -0.25) is 4.79 Å². The summed E-state index contributed by atoms with van der Waals surface area (Å²) in [6, 6.07) is 9.34. The van der Waals surface area contributed by atoms with Crippen LogP contribution < -0.4 is 21.1 Å². The second-order valence-electron chi connectivity index (χ2n) is 8.98. The van der Waals surface area contributed by atoms with Crippen molar-refractivity contribution in [1.29, 1.82) is 0 Å². The van der Waals surface area contributed by atoms with Crippen molar-refractivity contribution >= 4 is 34.6 Å². The maximum Gasteiger partial charge on any atom is 0.225 e.